The second-order valence-corrected chi connectivity index (χ2v) is 5.23. The standard InChI is InChI=1S/C19H18N2/c20-13-7-6-10-16-14-19(15-8-2-1-3-9-15)21-18-12-5-4-11-17(16)18/h1-5,8-9,11-12,14H,6-7,10,13H2. The Morgan fingerprint density at radius 2 is 1.62 bits per heavy atom. The topological polar surface area (TPSA) is 35.2 Å². The molecule has 0 aliphatic carbocycles. The first-order chi connectivity index (χ1) is 10.4. The van der Waals surface area contributed by atoms with Crippen LogP contribution in [0.15, 0.2) is 60.7 Å². The first-order valence-electron chi connectivity index (χ1n) is 7.43. The molecule has 3 rings (SSSR count). The van der Waals surface area contributed by atoms with Crippen molar-refractivity contribution in [3.05, 3.63) is 66.2 Å². The summed E-state index contributed by atoms with van der Waals surface area (Å²) in [4.78, 5) is 4.78. The van der Waals surface area contributed by atoms with Crippen molar-refractivity contribution in [2.75, 3.05) is 6.54 Å². The molecule has 0 spiro atoms. The molecule has 2 radical (unpaired) electrons. The molecule has 0 amide bonds. The van der Waals surface area contributed by atoms with E-state index in [9.17, 15) is 0 Å². The van der Waals surface area contributed by atoms with Crippen LogP contribution in [-0.4, -0.2) is 11.5 Å². The second-order valence-electron chi connectivity index (χ2n) is 5.23. The Bertz CT molecular complexity index is 720. The molecule has 21 heavy (non-hydrogen) atoms. The number of hydrogen-bond acceptors (Lipinski definition) is 1. The van der Waals surface area contributed by atoms with Gasteiger partial charge in [0.1, 0.15) is 0 Å². The summed E-state index contributed by atoms with van der Waals surface area (Å²) in [5, 5.41) is 1.22. The van der Waals surface area contributed by atoms with Crippen LogP contribution in [0.3, 0.4) is 0 Å². The minimum absolute atomic E-state index is 0.258. The molecule has 2 nitrogen and oxygen atoms in total. The third kappa shape index (κ3) is 3.11. The lowest BCUT2D eigenvalue weighted by Gasteiger charge is -2.09. The van der Waals surface area contributed by atoms with Crippen LogP contribution in [0.2, 0.25) is 0 Å². The Kier molecular flexibility index (Phi) is 4.27. The molecule has 3 aromatic rings. The lowest BCUT2D eigenvalue weighted by atomic mass is 10.00. The molecule has 0 aliphatic heterocycles. The maximum absolute atomic E-state index is 8.98. The van der Waals surface area contributed by atoms with Gasteiger partial charge in [-0.1, -0.05) is 48.5 Å². The van der Waals surface area contributed by atoms with Crippen molar-refractivity contribution in [1.82, 2.24) is 10.7 Å². The predicted octanol–water partition coefficient (Wildman–Crippen LogP) is 4.29. The Morgan fingerprint density at radius 3 is 2.43 bits per heavy atom. The number of para-hydroxylation sites is 1. The minimum atomic E-state index is 0.258. The Morgan fingerprint density at radius 1 is 0.857 bits per heavy atom. The highest BCUT2D eigenvalue weighted by Gasteiger charge is 2.07. The van der Waals surface area contributed by atoms with Crippen molar-refractivity contribution < 1.29 is 0 Å². The second kappa shape index (κ2) is 6.51. The number of pyridine rings is 1. The highest BCUT2D eigenvalue weighted by Crippen LogP contribution is 2.25. The zero-order valence-electron chi connectivity index (χ0n) is 12.0. The van der Waals surface area contributed by atoms with Gasteiger partial charge in [0.15, 0.2) is 0 Å². The molecular weight excluding hydrogens is 256 g/mol. The van der Waals surface area contributed by atoms with Crippen molar-refractivity contribution in [3.8, 4) is 11.3 Å². The Labute approximate surface area is 125 Å². The van der Waals surface area contributed by atoms with Crippen molar-refractivity contribution >= 4 is 10.9 Å². The minimum Gasteiger partial charge on any atom is -0.248 e. The summed E-state index contributed by atoms with van der Waals surface area (Å²) in [6, 6.07) is 20.8. The third-order valence-electron chi connectivity index (χ3n) is 3.73. The number of unbranched alkanes of at least 4 members (excludes halogenated alkanes) is 1. The number of rotatable bonds is 5. The smallest absolute Gasteiger partial charge is 0.0712 e. The number of aryl methyl sites for hydroxylation is 1. The van der Waals surface area contributed by atoms with Gasteiger partial charge in [0.05, 0.1) is 11.2 Å². The summed E-state index contributed by atoms with van der Waals surface area (Å²) >= 11 is 0. The Hall–Kier alpha value is -2.19. The zero-order valence-corrected chi connectivity index (χ0v) is 12.0. The molecule has 0 bridgehead atoms. The molecule has 0 saturated heterocycles. The van der Waals surface area contributed by atoms with E-state index in [1.165, 1.54) is 10.9 Å². The average molecular weight is 274 g/mol. The lowest BCUT2D eigenvalue weighted by Crippen LogP contribution is -1.95. The number of fused-ring (bicyclic) bond motifs is 1. The van der Waals surface area contributed by atoms with Crippen LogP contribution in [-0.2, 0) is 6.42 Å². The molecule has 2 aromatic carbocycles. The van der Waals surface area contributed by atoms with E-state index in [-0.39, 0.29) is 6.54 Å². The van der Waals surface area contributed by atoms with Crippen molar-refractivity contribution in [2.45, 2.75) is 19.3 Å². The molecule has 0 saturated carbocycles. The molecule has 1 heterocycles. The normalized spacial score (nSPS) is 10.9. The molecule has 0 N–H and O–H groups in total. The molecule has 0 aliphatic rings. The van der Waals surface area contributed by atoms with Gasteiger partial charge in [-0.2, -0.15) is 0 Å². The number of nitrogens with zero attached hydrogens (tertiary/aromatic N) is 2. The summed E-state index contributed by atoms with van der Waals surface area (Å²) in [7, 11) is 0. The summed E-state index contributed by atoms with van der Waals surface area (Å²) in [6.45, 7) is 0.258. The van der Waals surface area contributed by atoms with E-state index in [1.807, 2.05) is 24.3 Å². The molecule has 104 valence electrons. The maximum Gasteiger partial charge on any atom is 0.0712 e. The predicted molar refractivity (Wildman–Crippen MR) is 87.1 cm³/mol. The van der Waals surface area contributed by atoms with Crippen LogP contribution in [0.1, 0.15) is 18.4 Å². The van der Waals surface area contributed by atoms with Gasteiger partial charge < -0.3 is 0 Å². The SMILES string of the molecule is [N]CCCCc1cc(-c2ccccc2)nc2ccccc12. The van der Waals surface area contributed by atoms with Crippen molar-refractivity contribution in [1.29, 1.82) is 0 Å². The molecule has 2 heteroatoms. The summed E-state index contributed by atoms with van der Waals surface area (Å²) < 4.78 is 0. The molecule has 0 atom stereocenters. The highest BCUT2D eigenvalue weighted by molar-refractivity contribution is 5.85. The Balaban J connectivity index is 2.06. The molecule has 0 fully saturated rings. The van der Waals surface area contributed by atoms with E-state index in [0.29, 0.717) is 0 Å². The molecule has 0 unspecified atom stereocenters. The monoisotopic (exact) mass is 274 g/mol. The van der Waals surface area contributed by atoms with E-state index >= 15 is 0 Å². The fourth-order valence-electron chi connectivity index (χ4n) is 2.64. The number of aromatic nitrogens is 1. The van der Waals surface area contributed by atoms with Gasteiger partial charge in [0, 0.05) is 17.5 Å². The van der Waals surface area contributed by atoms with E-state index in [1.54, 1.807) is 0 Å². The van der Waals surface area contributed by atoms with Gasteiger partial charge in [-0.25, -0.2) is 4.98 Å². The van der Waals surface area contributed by atoms with Gasteiger partial charge in [0.2, 0.25) is 0 Å². The third-order valence-corrected chi connectivity index (χ3v) is 3.73. The molecular formula is C19H18N2. The van der Waals surface area contributed by atoms with Gasteiger partial charge in [-0.15, -0.1) is 5.73 Å². The largest absolute Gasteiger partial charge is 0.248 e. The van der Waals surface area contributed by atoms with Gasteiger partial charge >= 0.3 is 0 Å². The van der Waals surface area contributed by atoms with Crippen LogP contribution < -0.4 is 5.73 Å². The summed E-state index contributed by atoms with van der Waals surface area (Å²) in [5.41, 5.74) is 13.5. The first-order valence-corrected chi connectivity index (χ1v) is 7.43. The quantitative estimate of drug-likeness (QED) is 0.639. The average Bonchev–Trinajstić information content (AvgIpc) is 2.55. The maximum atomic E-state index is 8.98. The van der Waals surface area contributed by atoms with Gasteiger partial charge in [-0.05, 0) is 37.0 Å². The summed E-state index contributed by atoms with van der Waals surface area (Å²) in [5.74, 6) is 0. The van der Waals surface area contributed by atoms with Gasteiger partial charge in [-0.3, -0.25) is 0 Å². The van der Waals surface area contributed by atoms with E-state index in [4.69, 9.17) is 10.7 Å². The van der Waals surface area contributed by atoms with Crippen LogP contribution >= 0.6 is 0 Å². The van der Waals surface area contributed by atoms with Crippen molar-refractivity contribution in [3.63, 3.8) is 0 Å². The lowest BCUT2D eigenvalue weighted by molar-refractivity contribution is 0.737. The number of benzene rings is 2. The van der Waals surface area contributed by atoms with Crippen molar-refractivity contribution in [2.24, 2.45) is 0 Å². The van der Waals surface area contributed by atoms with Crippen LogP contribution in [0.5, 0.6) is 0 Å². The van der Waals surface area contributed by atoms with Crippen LogP contribution in [0, 0.1) is 0 Å². The number of hydrogen-bond donors (Lipinski definition) is 0. The summed E-state index contributed by atoms with van der Waals surface area (Å²) in [6.07, 6.45) is 2.82. The van der Waals surface area contributed by atoms with E-state index in [2.05, 4.69) is 36.4 Å². The molecule has 1 aromatic heterocycles. The van der Waals surface area contributed by atoms with E-state index in [0.717, 1.165) is 36.0 Å². The zero-order chi connectivity index (χ0) is 14.5. The fraction of sp³-hybridized carbons (Fsp3) is 0.211. The van der Waals surface area contributed by atoms with Crippen LogP contribution in [0.25, 0.3) is 22.2 Å². The highest BCUT2D eigenvalue weighted by atomic mass is 14.7. The van der Waals surface area contributed by atoms with Crippen LogP contribution in [0.4, 0.5) is 0 Å². The first kappa shape index (κ1) is 13.8. The van der Waals surface area contributed by atoms with E-state index < -0.39 is 0 Å². The van der Waals surface area contributed by atoms with Gasteiger partial charge in [0.25, 0.3) is 0 Å². The fourth-order valence-corrected chi connectivity index (χ4v) is 2.64.